The molecule has 1 fully saturated rings. The Morgan fingerprint density at radius 3 is 2.86 bits per heavy atom. The summed E-state index contributed by atoms with van der Waals surface area (Å²) >= 11 is 0. The Kier molecular flexibility index (Phi) is 4.80. The van der Waals surface area contributed by atoms with E-state index in [0.29, 0.717) is 39.5 Å². The minimum atomic E-state index is -0.259. The number of amides is 1. The normalized spacial score (nSPS) is 23.9. The molecule has 1 N–H and O–H groups in total. The quantitative estimate of drug-likeness (QED) is 0.886. The first kappa shape index (κ1) is 15.1. The Bertz CT molecular complexity index is 517. The van der Waals surface area contributed by atoms with Gasteiger partial charge in [0.1, 0.15) is 12.6 Å². The zero-order valence-electron chi connectivity index (χ0n) is 12.8. The number of para-hydroxylation sites is 2. The lowest BCUT2D eigenvalue weighted by atomic mass is 10.2. The number of hydrogen-bond donors (Lipinski definition) is 1. The van der Waals surface area contributed by atoms with E-state index < -0.39 is 0 Å². The molecule has 0 saturated carbocycles. The van der Waals surface area contributed by atoms with E-state index in [9.17, 15) is 4.79 Å². The Morgan fingerprint density at radius 2 is 2.14 bits per heavy atom. The van der Waals surface area contributed by atoms with Crippen molar-refractivity contribution in [1.29, 1.82) is 0 Å². The summed E-state index contributed by atoms with van der Waals surface area (Å²) in [5.74, 6) is 1.56. The summed E-state index contributed by atoms with van der Waals surface area (Å²) in [6.07, 6.45) is -0.150. The van der Waals surface area contributed by atoms with Crippen molar-refractivity contribution in [1.82, 2.24) is 10.2 Å². The van der Waals surface area contributed by atoms with Gasteiger partial charge in [-0.2, -0.15) is 0 Å². The van der Waals surface area contributed by atoms with Gasteiger partial charge in [0.2, 0.25) is 5.91 Å². The fourth-order valence-corrected chi connectivity index (χ4v) is 2.72. The molecule has 2 atom stereocenters. The van der Waals surface area contributed by atoms with Crippen LogP contribution in [0.4, 0.5) is 0 Å². The van der Waals surface area contributed by atoms with E-state index in [1.54, 1.807) is 4.90 Å². The van der Waals surface area contributed by atoms with Crippen molar-refractivity contribution in [2.24, 2.45) is 0 Å². The number of likely N-dealkylation sites (N-methyl/N-ethyl adjacent to an activating group) is 1. The van der Waals surface area contributed by atoms with E-state index in [4.69, 9.17) is 14.2 Å². The Morgan fingerprint density at radius 1 is 1.32 bits per heavy atom. The smallest absolute Gasteiger partial charge is 0.242 e. The maximum Gasteiger partial charge on any atom is 0.242 e. The van der Waals surface area contributed by atoms with Gasteiger partial charge in [0.15, 0.2) is 17.6 Å². The minimum Gasteiger partial charge on any atom is -0.486 e. The third-order valence-electron chi connectivity index (χ3n) is 3.90. The molecule has 0 radical (unpaired) electrons. The average Bonchev–Trinajstić information content (AvgIpc) is 2.59. The molecule has 1 saturated heterocycles. The lowest BCUT2D eigenvalue weighted by Gasteiger charge is -2.33. The van der Waals surface area contributed by atoms with Crippen molar-refractivity contribution >= 4 is 5.91 Å². The molecule has 0 aromatic heterocycles. The highest BCUT2D eigenvalue weighted by Crippen LogP contribution is 2.31. The van der Waals surface area contributed by atoms with Crippen LogP contribution in [0.2, 0.25) is 0 Å². The zero-order valence-corrected chi connectivity index (χ0v) is 12.8. The molecule has 0 spiro atoms. The van der Waals surface area contributed by atoms with Crippen molar-refractivity contribution < 1.29 is 19.0 Å². The second kappa shape index (κ2) is 6.98. The summed E-state index contributed by atoms with van der Waals surface area (Å²) in [6, 6.07) is 7.34. The summed E-state index contributed by atoms with van der Waals surface area (Å²) in [6.45, 7) is 5.38. The summed E-state index contributed by atoms with van der Waals surface area (Å²) in [7, 11) is 0. The van der Waals surface area contributed by atoms with Crippen molar-refractivity contribution in [2.45, 2.75) is 19.1 Å². The highest BCUT2D eigenvalue weighted by molar-refractivity contribution is 5.82. The Hall–Kier alpha value is -1.79. The molecule has 6 heteroatoms. The van der Waals surface area contributed by atoms with Crippen LogP contribution in [0.1, 0.15) is 6.92 Å². The van der Waals surface area contributed by atoms with E-state index in [2.05, 4.69) is 5.32 Å². The lowest BCUT2D eigenvalue weighted by Crippen LogP contribution is -2.54. The SMILES string of the molecule is CCN(CC1COc2ccccc2O1)C(=O)C1COCCN1. The van der Waals surface area contributed by atoms with Gasteiger partial charge in [-0.3, -0.25) is 4.79 Å². The lowest BCUT2D eigenvalue weighted by molar-refractivity contribution is -0.137. The van der Waals surface area contributed by atoms with Gasteiger partial charge in [0, 0.05) is 13.1 Å². The molecule has 1 aromatic rings. The number of fused-ring (bicyclic) bond motifs is 1. The third kappa shape index (κ3) is 3.34. The number of nitrogens with one attached hydrogen (secondary N) is 1. The molecule has 22 heavy (non-hydrogen) atoms. The molecule has 1 amide bonds. The van der Waals surface area contributed by atoms with E-state index in [1.807, 2.05) is 31.2 Å². The highest BCUT2D eigenvalue weighted by atomic mass is 16.6. The van der Waals surface area contributed by atoms with Crippen LogP contribution in [-0.2, 0) is 9.53 Å². The standard InChI is InChI=1S/C16H22N2O4/c1-2-18(16(19)13-11-20-8-7-17-13)9-12-10-21-14-5-3-4-6-15(14)22-12/h3-6,12-13,17H,2,7-11H2,1H3. The van der Waals surface area contributed by atoms with E-state index >= 15 is 0 Å². The van der Waals surface area contributed by atoms with E-state index in [0.717, 1.165) is 11.5 Å². The molecular formula is C16H22N2O4. The van der Waals surface area contributed by atoms with Gasteiger partial charge in [-0.15, -0.1) is 0 Å². The van der Waals surface area contributed by atoms with E-state index in [1.165, 1.54) is 0 Å². The number of hydrogen-bond acceptors (Lipinski definition) is 5. The third-order valence-corrected chi connectivity index (χ3v) is 3.90. The average molecular weight is 306 g/mol. The van der Waals surface area contributed by atoms with Crippen LogP contribution >= 0.6 is 0 Å². The monoisotopic (exact) mass is 306 g/mol. The van der Waals surface area contributed by atoms with Crippen molar-refractivity contribution in [3.05, 3.63) is 24.3 Å². The van der Waals surface area contributed by atoms with Crippen LogP contribution in [0.5, 0.6) is 11.5 Å². The summed E-state index contributed by atoms with van der Waals surface area (Å²) in [4.78, 5) is 14.3. The maximum absolute atomic E-state index is 12.5. The topological polar surface area (TPSA) is 60.0 Å². The molecule has 0 bridgehead atoms. The molecule has 6 nitrogen and oxygen atoms in total. The van der Waals surface area contributed by atoms with Crippen LogP contribution in [-0.4, -0.2) is 62.4 Å². The number of carbonyl (C=O) groups excluding carboxylic acids is 1. The number of rotatable bonds is 4. The second-order valence-corrected chi connectivity index (χ2v) is 5.46. The fraction of sp³-hybridized carbons (Fsp3) is 0.562. The number of ether oxygens (including phenoxy) is 3. The number of nitrogens with zero attached hydrogens (tertiary/aromatic N) is 1. The van der Waals surface area contributed by atoms with Gasteiger partial charge in [-0.05, 0) is 19.1 Å². The maximum atomic E-state index is 12.5. The Balaban J connectivity index is 1.60. The minimum absolute atomic E-state index is 0.0599. The van der Waals surface area contributed by atoms with Gasteiger partial charge in [-0.1, -0.05) is 12.1 Å². The predicted molar refractivity (Wildman–Crippen MR) is 81.2 cm³/mol. The number of benzene rings is 1. The van der Waals surface area contributed by atoms with Crippen molar-refractivity contribution in [2.75, 3.05) is 39.5 Å². The molecule has 2 aliphatic rings. The largest absolute Gasteiger partial charge is 0.486 e. The first-order valence-electron chi connectivity index (χ1n) is 7.76. The van der Waals surface area contributed by atoms with Gasteiger partial charge < -0.3 is 24.4 Å². The molecule has 2 heterocycles. The van der Waals surface area contributed by atoms with Crippen LogP contribution in [0.3, 0.4) is 0 Å². The van der Waals surface area contributed by atoms with Crippen LogP contribution < -0.4 is 14.8 Å². The van der Waals surface area contributed by atoms with Crippen LogP contribution in [0, 0.1) is 0 Å². The fourth-order valence-electron chi connectivity index (χ4n) is 2.72. The summed E-state index contributed by atoms with van der Waals surface area (Å²) in [5.41, 5.74) is 0. The molecule has 1 aromatic carbocycles. The number of carbonyl (C=O) groups is 1. The van der Waals surface area contributed by atoms with E-state index in [-0.39, 0.29) is 18.1 Å². The molecular weight excluding hydrogens is 284 g/mol. The molecule has 0 aliphatic carbocycles. The van der Waals surface area contributed by atoms with Crippen LogP contribution in [0.15, 0.2) is 24.3 Å². The van der Waals surface area contributed by atoms with Crippen LogP contribution in [0.25, 0.3) is 0 Å². The van der Waals surface area contributed by atoms with Gasteiger partial charge in [0.25, 0.3) is 0 Å². The van der Waals surface area contributed by atoms with Gasteiger partial charge in [0.05, 0.1) is 19.8 Å². The van der Waals surface area contributed by atoms with Crippen molar-refractivity contribution in [3.8, 4) is 11.5 Å². The van der Waals surface area contributed by atoms with Crippen molar-refractivity contribution in [3.63, 3.8) is 0 Å². The first-order valence-corrected chi connectivity index (χ1v) is 7.76. The Labute approximate surface area is 130 Å². The molecule has 3 rings (SSSR count). The second-order valence-electron chi connectivity index (χ2n) is 5.46. The summed E-state index contributed by atoms with van der Waals surface area (Å²) in [5, 5.41) is 3.20. The predicted octanol–water partition coefficient (Wildman–Crippen LogP) is 0.663. The molecule has 2 unspecified atom stereocenters. The molecule has 2 aliphatic heterocycles. The van der Waals surface area contributed by atoms with Gasteiger partial charge in [-0.25, -0.2) is 0 Å². The first-order chi connectivity index (χ1) is 10.8. The zero-order chi connectivity index (χ0) is 15.4. The summed E-state index contributed by atoms with van der Waals surface area (Å²) < 4.78 is 17.0. The van der Waals surface area contributed by atoms with Gasteiger partial charge >= 0.3 is 0 Å². The number of morpholine rings is 1. The highest BCUT2D eigenvalue weighted by Gasteiger charge is 2.29. The molecule has 120 valence electrons.